The lowest BCUT2D eigenvalue weighted by Gasteiger charge is -2.07. The molecule has 0 aliphatic rings. The quantitative estimate of drug-likeness (QED) is 0.595. The van der Waals surface area contributed by atoms with Crippen LogP contribution in [0.25, 0.3) is 0 Å². The fraction of sp³-hybridized carbons (Fsp3) is 0.167. The number of aliphatic carboxylic acids is 1. The summed E-state index contributed by atoms with van der Waals surface area (Å²) in [6, 6.07) is 8.71. The van der Waals surface area contributed by atoms with Crippen molar-refractivity contribution in [2.75, 3.05) is 10.6 Å². The summed E-state index contributed by atoms with van der Waals surface area (Å²) >= 11 is 0. The Bertz CT molecular complexity index is 1020. The highest BCUT2D eigenvalue weighted by Crippen LogP contribution is 2.15. The zero-order valence-electron chi connectivity index (χ0n) is 15.2. The fourth-order valence-electron chi connectivity index (χ4n) is 2.35. The van der Waals surface area contributed by atoms with Crippen molar-refractivity contribution in [3.63, 3.8) is 0 Å². The third kappa shape index (κ3) is 4.23. The summed E-state index contributed by atoms with van der Waals surface area (Å²) in [5, 5.41) is 22.4. The molecule has 2 amide bonds. The molecule has 10 heteroatoms. The Labute approximate surface area is 159 Å². The highest BCUT2D eigenvalue weighted by molar-refractivity contribution is 6.04. The van der Waals surface area contributed by atoms with E-state index in [1.54, 1.807) is 43.6 Å². The summed E-state index contributed by atoms with van der Waals surface area (Å²) in [6.45, 7) is 1.47. The number of nitrogens with zero attached hydrogens (tertiary/aromatic N) is 4. The average molecular weight is 382 g/mol. The number of carbonyl (C=O) groups excluding carboxylic acids is 2. The van der Waals surface area contributed by atoms with Gasteiger partial charge in [0.2, 0.25) is 0 Å². The molecule has 0 saturated carbocycles. The number of hydrogen-bond donors (Lipinski definition) is 3. The lowest BCUT2D eigenvalue weighted by molar-refractivity contribution is -0.140. The third-order valence-electron chi connectivity index (χ3n) is 3.94. The van der Waals surface area contributed by atoms with Crippen LogP contribution >= 0.6 is 0 Å². The molecule has 28 heavy (non-hydrogen) atoms. The monoisotopic (exact) mass is 382 g/mol. The Morgan fingerprint density at radius 3 is 1.86 bits per heavy atom. The number of aryl methyl sites for hydroxylation is 1. The topological polar surface area (TPSA) is 131 Å². The van der Waals surface area contributed by atoms with Crippen LogP contribution in [0, 0.1) is 0 Å². The predicted octanol–water partition coefficient (Wildman–Crippen LogP) is 1.77. The highest BCUT2D eigenvalue weighted by atomic mass is 16.4. The smallest absolute Gasteiger partial charge is 0.328 e. The first-order valence-corrected chi connectivity index (χ1v) is 8.34. The van der Waals surface area contributed by atoms with E-state index in [0.717, 1.165) is 0 Å². The minimum atomic E-state index is -1.04. The Kier molecular flexibility index (Phi) is 5.21. The SMILES string of the molecule is CC(C(=O)O)n1ccc(C(=O)Nc2ccc(NC(=O)c3ccn(C)n3)cc2)n1. The number of nitrogens with one attached hydrogen (secondary N) is 2. The van der Waals surface area contributed by atoms with Crippen LogP contribution < -0.4 is 10.6 Å². The second-order valence-electron chi connectivity index (χ2n) is 6.06. The van der Waals surface area contributed by atoms with Gasteiger partial charge in [-0.05, 0) is 43.3 Å². The number of aromatic nitrogens is 4. The molecule has 10 nitrogen and oxygen atoms in total. The molecular formula is C18H18N6O4. The number of hydrogen-bond acceptors (Lipinski definition) is 5. The molecule has 3 N–H and O–H groups in total. The van der Waals surface area contributed by atoms with Gasteiger partial charge in [-0.25, -0.2) is 4.79 Å². The Balaban J connectivity index is 1.61. The summed E-state index contributed by atoms with van der Waals surface area (Å²) in [7, 11) is 1.72. The van der Waals surface area contributed by atoms with Gasteiger partial charge in [-0.15, -0.1) is 0 Å². The van der Waals surface area contributed by atoms with Gasteiger partial charge in [0, 0.05) is 30.8 Å². The van der Waals surface area contributed by atoms with Crippen molar-refractivity contribution < 1.29 is 19.5 Å². The van der Waals surface area contributed by atoms with Gasteiger partial charge < -0.3 is 15.7 Å². The van der Waals surface area contributed by atoms with Gasteiger partial charge in [0.15, 0.2) is 11.4 Å². The van der Waals surface area contributed by atoms with E-state index in [1.165, 1.54) is 28.6 Å². The maximum absolute atomic E-state index is 12.3. The molecule has 0 aliphatic carbocycles. The van der Waals surface area contributed by atoms with Crippen molar-refractivity contribution in [1.29, 1.82) is 0 Å². The number of amides is 2. The molecule has 1 atom stereocenters. The molecule has 0 bridgehead atoms. The second kappa shape index (κ2) is 7.74. The van der Waals surface area contributed by atoms with Gasteiger partial charge in [0.05, 0.1) is 0 Å². The maximum atomic E-state index is 12.3. The van der Waals surface area contributed by atoms with Crippen molar-refractivity contribution in [2.45, 2.75) is 13.0 Å². The van der Waals surface area contributed by atoms with Crippen LogP contribution in [0.15, 0.2) is 48.8 Å². The van der Waals surface area contributed by atoms with Crippen LogP contribution in [0.1, 0.15) is 33.9 Å². The van der Waals surface area contributed by atoms with E-state index in [1.807, 2.05) is 0 Å². The lowest BCUT2D eigenvalue weighted by atomic mass is 10.2. The first kappa shape index (κ1) is 18.8. The van der Waals surface area contributed by atoms with Crippen LogP contribution in [0.3, 0.4) is 0 Å². The Morgan fingerprint density at radius 2 is 1.39 bits per heavy atom. The fourth-order valence-corrected chi connectivity index (χ4v) is 2.35. The van der Waals surface area contributed by atoms with Crippen LogP contribution in [0.4, 0.5) is 11.4 Å². The summed E-state index contributed by atoms with van der Waals surface area (Å²) < 4.78 is 2.74. The van der Waals surface area contributed by atoms with Crippen molar-refractivity contribution >= 4 is 29.2 Å². The zero-order valence-corrected chi connectivity index (χ0v) is 15.2. The summed E-state index contributed by atoms with van der Waals surface area (Å²) in [5.74, 6) is -1.85. The first-order chi connectivity index (χ1) is 13.3. The number of benzene rings is 1. The van der Waals surface area contributed by atoms with Gasteiger partial charge in [0.1, 0.15) is 6.04 Å². The summed E-state index contributed by atoms with van der Waals surface area (Å²) in [6.07, 6.45) is 3.11. The minimum absolute atomic E-state index is 0.0978. The molecule has 144 valence electrons. The van der Waals surface area contributed by atoms with Crippen LogP contribution in [0.5, 0.6) is 0 Å². The van der Waals surface area contributed by atoms with E-state index in [2.05, 4.69) is 20.8 Å². The molecule has 2 heterocycles. The normalized spacial score (nSPS) is 11.6. The number of rotatable bonds is 6. The Morgan fingerprint density at radius 1 is 0.893 bits per heavy atom. The molecule has 0 radical (unpaired) electrons. The summed E-state index contributed by atoms with van der Waals surface area (Å²) in [5.41, 5.74) is 1.45. The summed E-state index contributed by atoms with van der Waals surface area (Å²) in [4.78, 5) is 35.3. The van der Waals surface area contributed by atoms with E-state index in [4.69, 9.17) is 5.11 Å². The van der Waals surface area contributed by atoms with E-state index < -0.39 is 17.9 Å². The molecule has 1 unspecified atom stereocenters. The van der Waals surface area contributed by atoms with Gasteiger partial charge >= 0.3 is 5.97 Å². The molecule has 3 aromatic rings. The number of carboxylic acids is 1. The van der Waals surface area contributed by atoms with Crippen LogP contribution in [0.2, 0.25) is 0 Å². The third-order valence-corrected chi connectivity index (χ3v) is 3.94. The van der Waals surface area contributed by atoms with Gasteiger partial charge in [-0.2, -0.15) is 10.2 Å². The van der Waals surface area contributed by atoms with Crippen LogP contribution in [-0.4, -0.2) is 42.5 Å². The van der Waals surface area contributed by atoms with E-state index in [0.29, 0.717) is 17.1 Å². The minimum Gasteiger partial charge on any atom is -0.480 e. The average Bonchev–Trinajstić information content (AvgIpc) is 3.32. The van der Waals surface area contributed by atoms with Gasteiger partial charge in [0.25, 0.3) is 11.8 Å². The number of carbonyl (C=O) groups is 3. The van der Waals surface area contributed by atoms with Crippen molar-refractivity contribution in [3.05, 3.63) is 60.2 Å². The van der Waals surface area contributed by atoms with E-state index >= 15 is 0 Å². The largest absolute Gasteiger partial charge is 0.480 e. The molecule has 1 aromatic carbocycles. The zero-order chi connectivity index (χ0) is 20.3. The number of carboxylic acid groups (broad SMARTS) is 1. The van der Waals surface area contributed by atoms with Crippen LogP contribution in [-0.2, 0) is 11.8 Å². The molecule has 2 aromatic heterocycles. The molecule has 3 rings (SSSR count). The lowest BCUT2D eigenvalue weighted by Crippen LogP contribution is -2.18. The molecule has 0 saturated heterocycles. The molecule has 0 fully saturated rings. The molecular weight excluding hydrogens is 364 g/mol. The van der Waals surface area contributed by atoms with E-state index in [9.17, 15) is 14.4 Å². The standard InChI is InChI=1S/C18H18N6O4/c1-11(18(27)28)24-10-8-15(22-24)17(26)20-13-5-3-12(4-6-13)19-16(25)14-7-9-23(2)21-14/h3-11H,1-2H3,(H,19,25)(H,20,26)(H,27,28). The Hall–Kier alpha value is -3.95. The van der Waals surface area contributed by atoms with Gasteiger partial charge in [-0.1, -0.05) is 0 Å². The van der Waals surface area contributed by atoms with Crippen molar-refractivity contribution in [1.82, 2.24) is 19.6 Å². The second-order valence-corrected chi connectivity index (χ2v) is 6.06. The highest BCUT2D eigenvalue weighted by Gasteiger charge is 2.17. The molecule has 0 aliphatic heterocycles. The maximum Gasteiger partial charge on any atom is 0.328 e. The predicted molar refractivity (Wildman–Crippen MR) is 100 cm³/mol. The molecule has 0 spiro atoms. The number of anilines is 2. The van der Waals surface area contributed by atoms with Crippen molar-refractivity contribution in [3.8, 4) is 0 Å². The van der Waals surface area contributed by atoms with E-state index in [-0.39, 0.29) is 11.6 Å². The first-order valence-electron chi connectivity index (χ1n) is 8.34. The van der Waals surface area contributed by atoms with Gasteiger partial charge in [-0.3, -0.25) is 19.0 Å². The van der Waals surface area contributed by atoms with Crippen molar-refractivity contribution in [2.24, 2.45) is 7.05 Å².